The molecule has 0 N–H and O–H groups in total. The first kappa shape index (κ1) is 11.2. The molecule has 0 aromatic heterocycles. The van der Waals surface area contributed by atoms with E-state index in [-0.39, 0.29) is 11.1 Å². The highest BCUT2D eigenvalue weighted by molar-refractivity contribution is 6.00. The molecule has 1 radical (unpaired) electrons. The van der Waals surface area contributed by atoms with Gasteiger partial charge in [0.1, 0.15) is 17.7 Å². The molecule has 0 heterocycles. The van der Waals surface area contributed by atoms with E-state index in [1.807, 2.05) is 0 Å². The molecule has 0 amide bonds. The van der Waals surface area contributed by atoms with E-state index in [1.165, 1.54) is 24.3 Å². The molecule has 1 rings (SSSR count). The zero-order valence-electron chi connectivity index (χ0n) is 8.10. The summed E-state index contributed by atoms with van der Waals surface area (Å²) in [5.41, 5.74) is 0.956. The molecule has 0 saturated carbocycles. The van der Waals surface area contributed by atoms with Crippen LogP contribution in [0.1, 0.15) is 11.1 Å². The van der Waals surface area contributed by atoms with Gasteiger partial charge in [0.2, 0.25) is 0 Å². The summed E-state index contributed by atoms with van der Waals surface area (Å²) >= 11 is 0. The van der Waals surface area contributed by atoms with Crippen molar-refractivity contribution in [3.05, 3.63) is 40.8 Å². The van der Waals surface area contributed by atoms with Gasteiger partial charge in [-0.25, -0.2) is 5.87 Å². The van der Waals surface area contributed by atoms with Crippen molar-refractivity contribution in [2.75, 3.05) is 0 Å². The van der Waals surface area contributed by atoms with Crippen LogP contribution in [0.5, 0.6) is 0 Å². The molecule has 16 heavy (non-hydrogen) atoms. The van der Waals surface area contributed by atoms with Crippen LogP contribution in [0.3, 0.4) is 0 Å². The van der Waals surface area contributed by atoms with Crippen molar-refractivity contribution < 1.29 is 0 Å². The monoisotopic (exact) mass is 204 g/mol. The Bertz CT molecular complexity index is 528. The Morgan fingerprint density at radius 1 is 0.938 bits per heavy atom. The van der Waals surface area contributed by atoms with Gasteiger partial charge in [0.15, 0.2) is 0 Å². The lowest BCUT2D eigenvalue weighted by Crippen LogP contribution is -1.86. The van der Waals surface area contributed by atoms with Crippen LogP contribution in [0.2, 0.25) is 0 Å². The van der Waals surface area contributed by atoms with Crippen LogP contribution in [-0.2, 0) is 0 Å². The minimum atomic E-state index is 0.00187. The fraction of sp³-hybridized carbons (Fsp3) is 0. The van der Waals surface area contributed by atoms with E-state index < -0.39 is 0 Å². The first-order chi connectivity index (χ1) is 7.76. The lowest BCUT2D eigenvalue weighted by Gasteiger charge is -1.99. The molecule has 0 saturated heterocycles. The molecule has 0 aliphatic rings. The Hall–Kier alpha value is -2.90. The molecule has 0 unspecified atom stereocenters. The molecule has 0 aliphatic heterocycles. The average molecular weight is 204 g/mol. The van der Waals surface area contributed by atoms with Crippen LogP contribution < -0.4 is 5.41 Å². The van der Waals surface area contributed by atoms with Gasteiger partial charge >= 0.3 is 0 Å². The van der Waals surface area contributed by atoms with Gasteiger partial charge in [-0.2, -0.15) is 10.5 Å². The van der Waals surface area contributed by atoms with Gasteiger partial charge in [0.05, 0.1) is 5.57 Å². The summed E-state index contributed by atoms with van der Waals surface area (Å²) in [6.45, 7) is 0. The van der Waals surface area contributed by atoms with Crippen LogP contribution in [0, 0.1) is 22.7 Å². The van der Waals surface area contributed by atoms with Gasteiger partial charge in [-0.3, -0.25) is 0 Å². The fourth-order valence-electron chi connectivity index (χ4n) is 1.11. The van der Waals surface area contributed by atoms with Crippen molar-refractivity contribution in [2.45, 2.75) is 0 Å². The van der Waals surface area contributed by atoms with E-state index in [0.29, 0.717) is 11.1 Å². The predicted molar refractivity (Wildman–Crippen MR) is 60.0 cm³/mol. The molecule has 0 spiro atoms. The molecule has 0 atom stereocenters. The van der Waals surface area contributed by atoms with Gasteiger partial charge in [-0.1, -0.05) is 29.7 Å². The van der Waals surface area contributed by atoms with Crippen LogP contribution in [-0.4, -0.2) is 11.7 Å². The van der Waals surface area contributed by atoms with E-state index in [1.54, 1.807) is 23.9 Å². The summed E-state index contributed by atoms with van der Waals surface area (Å²) in [4.78, 5) is 0. The highest BCUT2D eigenvalue weighted by Crippen LogP contribution is 2.15. The topological polar surface area (TPSA) is 92.2 Å². The maximum absolute atomic E-state index is 8.63. The third-order valence-electron chi connectivity index (χ3n) is 1.91. The molecule has 73 valence electrons. The van der Waals surface area contributed by atoms with Crippen molar-refractivity contribution in [3.8, 4) is 12.1 Å². The van der Waals surface area contributed by atoms with Gasteiger partial charge in [0.25, 0.3) is 0 Å². The molecule has 4 nitrogen and oxygen atoms in total. The molecular weight excluding hydrogens is 200 g/mol. The molecular formula is C12H4N4-. The smallest absolute Gasteiger partial charge is 0.122 e. The summed E-state index contributed by atoms with van der Waals surface area (Å²) in [6.07, 6.45) is 0. The number of nitrogens with zero attached hydrogens (tertiary/aromatic N) is 4. The Morgan fingerprint density at radius 3 is 1.69 bits per heavy atom. The van der Waals surface area contributed by atoms with Crippen molar-refractivity contribution in [1.29, 1.82) is 10.5 Å². The van der Waals surface area contributed by atoms with Gasteiger partial charge in [-0.15, -0.1) is 0 Å². The third kappa shape index (κ3) is 2.12. The van der Waals surface area contributed by atoms with Crippen molar-refractivity contribution in [2.24, 2.45) is 0 Å². The number of nitriles is 2. The van der Waals surface area contributed by atoms with E-state index in [0.717, 1.165) is 0 Å². The zero-order valence-corrected chi connectivity index (χ0v) is 8.10. The summed E-state index contributed by atoms with van der Waals surface area (Å²) in [5.74, 6) is 3.53. The Balaban J connectivity index is 3.22. The molecule has 0 fully saturated rings. The largest absolute Gasteiger partial charge is 0.762 e. The number of hydrogen-bond donors (Lipinski definition) is 0. The van der Waals surface area contributed by atoms with E-state index in [9.17, 15) is 0 Å². The van der Waals surface area contributed by atoms with Crippen molar-refractivity contribution in [1.82, 2.24) is 5.41 Å². The highest BCUT2D eigenvalue weighted by atomic mass is 14.3. The van der Waals surface area contributed by atoms with E-state index in [4.69, 9.17) is 21.3 Å². The second-order valence-electron chi connectivity index (χ2n) is 2.77. The third-order valence-corrected chi connectivity index (χ3v) is 1.91. The standard InChI is InChI=1S/C12H4N4/c13-5-11(6-14)9-1-2-10(4-3-9)12(7-15)8-16/h1-4H/q-1. The van der Waals surface area contributed by atoms with Gasteiger partial charge in [0, 0.05) is 11.4 Å². The number of rotatable bonds is 2. The first-order valence-corrected chi connectivity index (χ1v) is 4.22. The van der Waals surface area contributed by atoms with E-state index >= 15 is 0 Å². The summed E-state index contributed by atoms with van der Waals surface area (Å²) < 4.78 is 0. The Labute approximate surface area is 92.4 Å². The maximum atomic E-state index is 8.63. The Kier molecular flexibility index (Phi) is 3.56. The predicted octanol–water partition coefficient (Wildman–Crippen LogP) is 1.21. The Morgan fingerprint density at radius 2 is 1.38 bits per heavy atom. The zero-order chi connectivity index (χ0) is 12.0. The molecule has 0 aliphatic carbocycles. The minimum Gasteiger partial charge on any atom is -0.762 e. The quantitative estimate of drug-likeness (QED) is 0.534. The van der Waals surface area contributed by atoms with Crippen molar-refractivity contribution in [3.63, 3.8) is 0 Å². The second-order valence-corrected chi connectivity index (χ2v) is 2.77. The molecule has 1 aromatic carbocycles. The van der Waals surface area contributed by atoms with Crippen LogP contribution in [0.15, 0.2) is 24.3 Å². The molecule has 4 heteroatoms. The SMILES string of the molecule is [N]=C=C(C#N)c1ccc(C(=C=[N-])C#N)cc1. The highest BCUT2D eigenvalue weighted by Gasteiger charge is 2.02. The molecule has 1 aromatic rings. The number of benzene rings is 1. The summed E-state index contributed by atoms with van der Waals surface area (Å²) in [5, 5.41) is 34.5. The average Bonchev–Trinajstić information content (AvgIpc) is 2.34. The second kappa shape index (κ2) is 5.10. The van der Waals surface area contributed by atoms with Gasteiger partial charge in [-0.05, 0) is 5.56 Å². The minimum absolute atomic E-state index is 0.00187. The normalized spacial score (nSPS) is 7.88. The number of allylic oxidation sites excluding steroid dienone is 2. The van der Waals surface area contributed by atoms with Crippen molar-refractivity contribution >= 4 is 22.9 Å². The summed E-state index contributed by atoms with van der Waals surface area (Å²) in [7, 11) is 0. The maximum Gasteiger partial charge on any atom is 0.122 e. The van der Waals surface area contributed by atoms with Crippen LogP contribution >= 0.6 is 0 Å². The van der Waals surface area contributed by atoms with Crippen LogP contribution in [0.25, 0.3) is 16.6 Å². The van der Waals surface area contributed by atoms with E-state index in [2.05, 4.69) is 0 Å². The summed E-state index contributed by atoms with van der Waals surface area (Å²) in [6, 6.07) is 9.66. The lowest BCUT2D eigenvalue weighted by molar-refractivity contribution is 1.51. The first-order valence-electron chi connectivity index (χ1n) is 4.22. The number of hydrogen-bond acceptors (Lipinski definition) is 2. The lowest BCUT2D eigenvalue weighted by atomic mass is 10.0. The fourth-order valence-corrected chi connectivity index (χ4v) is 1.11. The molecule has 0 bridgehead atoms. The van der Waals surface area contributed by atoms with Gasteiger partial charge < -0.3 is 5.41 Å². The van der Waals surface area contributed by atoms with Crippen LogP contribution in [0.4, 0.5) is 0 Å².